The Bertz CT molecular complexity index is 790. The maximum absolute atomic E-state index is 12.2. The van der Waals surface area contributed by atoms with Crippen molar-refractivity contribution in [3.8, 4) is 0 Å². The van der Waals surface area contributed by atoms with Gasteiger partial charge in [-0.25, -0.2) is 0 Å². The summed E-state index contributed by atoms with van der Waals surface area (Å²) in [6, 6.07) is 13.3. The first kappa shape index (κ1) is 14.2. The number of carbonyl (C=O) groups is 1. The van der Waals surface area contributed by atoms with Crippen molar-refractivity contribution >= 4 is 34.6 Å². The van der Waals surface area contributed by atoms with Crippen molar-refractivity contribution in [1.82, 2.24) is 0 Å². The van der Waals surface area contributed by atoms with Crippen molar-refractivity contribution in [3.05, 3.63) is 69.2 Å². The standard InChI is InChI=1S/C15H10ClN3O3/c16-11-6-7-13(19(21)22)14(8-11)18-15(20)9-12(17-18)10-4-2-1-3-5-10/h1-8H,9H2. The normalized spacial score (nSPS) is 14.1. The third kappa shape index (κ3) is 2.56. The van der Waals surface area contributed by atoms with Crippen LogP contribution in [0.25, 0.3) is 0 Å². The maximum Gasteiger partial charge on any atom is 0.295 e. The number of hydrogen-bond donors (Lipinski definition) is 0. The lowest BCUT2D eigenvalue weighted by Crippen LogP contribution is -2.20. The summed E-state index contributed by atoms with van der Waals surface area (Å²) in [6.45, 7) is 0. The molecule has 1 aliphatic rings. The molecule has 0 fully saturated rings. The van der Waals surface area contributed by atoms with E-state index >= 15 is 0 Å². The SMILES string of the molecule is O=C1CC(c2ccccc2)=NN1c1cc(Cl)ccc1[N+](=O)[O-]. The fourth-order valence-electron chi connectivity index (χ4n) is 2.23. The molecule has 0 bridgehead atoms. The van der Waals surface area contributed by atoms with E-state index in [0.717, 1.165) is 10.6 Å². The summed E-state index contributed by atoms with van der Waals surface area (Å²) in [5.74, 6) is -0.329. The summed E-state index contributed by atoms with van der Waals surface area (Å²) in [7, 11) is 0. The molecule has 0 spiro atoms. The molecule has 1 amide bonds. The van der Waals surface area contributed by atoms with E-state index < -0.39 is 4.92 Å². The lowest BCUT2D eigenvalue weighted by molar-refractivity contribution is -0.384. The first-order valence-electron chi connectivity index (χ1n) is 6.46. The number of anilines is 1. The zero-order chi connectivity index (χ0) is 15.7. The van der Waals surface area contributed by atoms with Crippen molar-refractivity contribution in [1.29, 1.82) is 0 Å². The third-order valence-electron chi connectivity index (χ3n) is 3.24. The van der Waals surface area contributed by atoms with Crippen molar-refractivity contribution in [2.75, 3.05) is 5.01 Å². The smallest absolute Gasteiger partial charge is 0.272 e. The van der Waals surface area contributed by atoms with Crippen molar-refractivity contribution in [3.63, 3.8) is 0 Å². The van der Waals surface area contributed by atoms with E-state index in [1.165, 1.54) is 18.2 Å². The first-order valence-corrected chi connectivity index (χ1v) is 6.84. The Balaban J connectivity index is 2.06. The zero-order valence-electron chi connectivity index (χ0n) is 11.3. The van der Waals surface area contributed by atoms with Gasteiger partial charge in [0.25, 0.3) is 11.6 Å². The van der Waals surface area contributed by atoms with E-state index in [4.69, 9.17) is 11.6 Å². The molecule has 2 aromatic carbocycles. The minimum absolute atomic E-state index is 0.0773. The van der Waals surface area contributed by atoms with Crippen LogP contribution in [-0.4, -0.2) is 16.5 Å². The predicted octanol–water partition coefficient (Wildman–Crippen LogP) is 3.39. The molecule has 0 saturated heterocycles. The van der Waals surface area contributed by atoms with Crippen molar-refractivity contribution in [2.24, 2.45) is 5.10 Å². The van der Waals surface area contributed by atoms with Gasteiger partial charge in [-0.3, -0.25) is 14.9 Å². The van der Waals surface area contributed by atoms with Crippen LogP contribution in [0.4, 0.5) is 11.4 Å². The van der Waals surface area contributed by atoms with Gasteiger partial charge in [0.1, 0.15) is 5.69 Å². The fraction of sp³-hybridized carbons (Fsp3) is 0.0667. The molecule has 1 heterocycles. The largest absolute Gasteiger partial charge is 0.295 e. The number of hydrogen-bond acceptors (Lipinski definition) is 4. The number of nitrogens with zero attached hydrogens (tertiary/aromatic N) is 3. The molecular weight excluding hydrogens is 306 g/mol. The van der Waals surface area contributed by atoms with E-state index in [0.29, 0.717) is 10.7 Å². The summed E-state index contributed by atoms with van der Waals surface area (Å²) in [5.41, 5.74) is 1.24. The molecule has 0 unspecified atom stereocenters. The van der Waals surface area contributed by atoms with Crippen LogP contribution in [0, 0.1) is 10.1 Å². The summed E-state index contributed by atoms with van der Waals surface area (Å²) in [4.78, 5) is 22.8. The Hall–Kier alpha value is -2.73. The lowest BCUT2D eigenvalue weighted by Gasteiger charge is -2.12. The van der Waals surface area contributed by atoms with Crippen LogP contribution in [-0.2, 0) is 4.79 Å². The van der Waals surface area contributed by atoms with Crippen LogP contribution in [0.2, 0.25) is 5.02 Å². The molecule has 0 aromatic heterocycles. The molecule has 0 saturated carbocycles. The summed E-state index contributed by atoms with van der Waals surface area (Å²) in [5, 5.41) is 16.7. The van der Waals surface area contributed by atoms with Crippen LogP contribution in [0.15, 0.2) is 53.6 Å². The molecule has 2 aromatic rings. The Kier molecular flexibility index (Phi) is 3.60. The summed E-state index contributed by atoms with van der Waals surface area (Å²) >= 11 is 5.89. The van der Waals surface area contributed by atoms with Gasteiger partial charge < -0.3 is 0 Å². The molecule has 6 nitrogen and oxygen atoms in total. The Morgan fingerprint density at radius 3 is 2.59 bits per heavy atom. The van der Waals surface area contributed by atoms with E-state index in [2.05, 4.69) is 5.10 Å². The number of hydrazone groups is 1. The number of benzene rings is 2. The number of nitro benzene ring substituents is 1. The van der Waals surface area contributed by atoms with Crippen LogP contribution in [0.1, 0.15) is 12.0 Å². The predicted molar refractivity (Wildman–Crippen MR) is 83.2 cm³/mol. The minimum atomic E-state index is -0.561. The Morgan fingerprint density at radius 2 is 1.91 bits per heavy atom. The summed E-state index contributed by atoms with van der Waals surface area (Å²) < 4.78 is 0. The molecule has 7 heteroatoms. The number of nitro groups is 1. The number of rotatable bonds is 3. The van der Waals surface area contributed by atoms with Crippen LogP contribution in [0.3, 0.4) is 0 Å². The van der Waals surface area contributed by atoms with E-state index in [1.807, 2.05) is 30.3 Å². The molecule has 3 rings (SSSR count). The average molecular weight is 316 g/mol. The summed E-state index contributed by atoms with van der Waals surface area (Å²) in [6.07, 6.45) is 0.0910. The number of halogens is 1. The zero-order valence-corrected chi connectivity index (χ0v) is 12.0. The topological polar surface area (TPSA) is 75.8 Å². The molecule has 22 heavy (non-hydrogen) atoms. The van der Waals surface area contributed by atoms with Crippen LogP contribution < -0.4 is 5.01 Å². The van der Waals surface area contributed by atoms with Gasteiger partial charge in [0.15, 0.2) is 0 Å². The molecule has 0 radical (unpaired) electrons. The van der Waals surface area contributed by atoms with Crippen molar-refractivity contribution < 1.29 is 9.72 Å². The van der Waals surface area contributed by atoms with Gasteiger partial charge in [-0.15, -0.1) is 0 Å². The van der Waals surface area contributed by atoms with Crippen molar-refractivity contribution in [2.45, 2.75) is 6.42 Å². The highest BCUT2D eigenvalue weighted by atomic mass is 35.5. The van der Waals surface area contributed by atoms with Gasteiger partial charge in [-0.05, 0) is 17.7 Å². The molecule has 110 valence electrons. The van der Waals surface area contributed by atoms with Gasteiger partial charge in [-0.1, -0.05) is 41.9 Å². The van der Waals surface area contributed by atoms with Gasteiger partial charge >= 0.3 is 0 Å². The van der Waals surface area contributed by atoms with E-state index in [1.54, 1.807) is 0 Å². The van der Waals surface area contributed by atoms with Gasteiger partial charge in [0, 0.05) is 11.1 Å². The first-order chi connectivity index (χ1) is 10.6. The molecule has 1 aliphatic heterocycles. The molecular formula is C15H10ClN3O3. The maximum atomic E-state index is 12.2. The third-order valence-corrected chi connectivity index (χ3v) is 3.48. The minimum Gasteiger partial charge on any atom is -0.272 e. The van der Waals surface area contributed by atoms with Crippen LogP contribution >= 0.6 is 11.6 Å². The number of carbonyl (C=O) groups excluding carboxylic acids is 1. The highest BCUT2D eigenvalue weighted by Gasteiger charge is 2.31. The quantitative estimate of drug-likeness (QED) is 0.643. The van der Waals surface area contributed by atoms with Gasteiger partial charge in [-0.2, -0.15) is 10.1 Å². The van der Waals surface area contributed by atoms with Crippen LogP contribution in [0.5, 0.6) is 0 Å². The van der Waals surface area contributed by atoms with Gasteiger partial charge in [0.05, 0.1) is 17.1 Å². The van der Waals surface area contributed by atoms with E-state index in [-0.39, 0.29) is 23.7 Å². The van der Waals surface area contributed by atoms with E-state index in [9.17, 15) is 14.9 Å². The monoisotopic (exact) mass is 315 g/mol. The number of amides is 1. The Labute approximate surface area is 130 Å². The molecule has 0 N–H and O–H groups in total. The van der Waals surface area contributed by atoms with Gasteiger partial charge in [0.2, 0.25) is 0 Å². The highest BCUT2D eigenvalue weighted by Crippen LogP contribution is 2.34. The molecule has 0 aliphatic carbocycles. The molecule has 0 atom stereocenters. The lowest BCUT2D eigenvalue weighted by atomic mass is 10.1. The average Bonchev–Trinajstić information content (AvgIpc) is 2.89. The second kappa shape index (κ2) is 5.57. The second-order valence-electron chi connectivity index (χ2n) is 4.69. The second-order valence-corrected chi connectivity index (χ2v) is 5.12. The highest BCUT2D eigenvalue weighted by molar-refractivity contribution is 6.31. The Morgan fingerprint density at radius 1 is 1.18 bits per heavy atom. The fourth-order valence-corrected chi connectivity index (χ4v) is 2.40.